The molecule has 0 aliphatic carbocycles. The van der Waals surface area contributed by atoms with E-state index in [1.807, 2.05) is 13.8 Å². The number of carbonyl (C=O) groups is 1. The van der Waals surface area contributed by atoms with Crippen LogP contribution in [0.25, 0.3) is 10.2 Å². The van der Waals surface area contributed by atoms with E-state index < -0.39 is 17.6 Å². The Balaban J connectivity index is 1.79. The third kappa shape index (κ3) is 3.93. The number of alkyl halides is 3. The molecule has 5 nitrogen and oxygen atoms in total. The zero-order valence-corrected chi connectivity index (χ0v) is 16.8. The number of benzene rings is 1. The first kappa shape index (κ1) is 20.4. The summed E-state index contributed by atoms with van der Waals surface area (Å²) in [5.41, 5.74) is -0.546. The van der Waals surface area contributed by atoms with Crippen molar-refractivity contribution in [1.29, 1.82) is 0 Å². The molecule has 1 N–H and O–H groups in total. The fourth-order valence-corrected chi connectivity index (χ4v) is 4.48. The average Bonchev–Trinajstić information content (AvgIpc) is 2.90. The van der Waals surface area contributed by atoms with Gasteiger partial charge in [-0.3, -0.25) is 14.2 Å². The van der Waals surface area contributed by atoms with Crippen LogP contribution < -0.4 is 10.9 Å². The van der Waals surface area contributed by atoms with Gasteiger partial charge in [0, 0.05) is 11.9 Å². The first-order valence-corrected chi connectivity index (χ1v) is 9.95. The summed E-state index contributed by atoms with van der Waals surface area (Å²) in [6, 6.07) is 4.78. The smallest absolute Gasteiger partial charge is 0.325 e. The van der Waals surface area contributed by atoms with Crippen molar-refractivity contribution in [2.75, 3.05) is 11.1 Å². The van der Waals surface area contributed by atoms with E-state index in [1.54, 1.807) is 7.05 Å². The lowest BCUT2D eigenvalue weighted by Gasteiger charge is -2.13. The lowest BCUT2D eigenvalue weighted by molar-refractivity contribution is -0.137. The first-order chi connectivity index (χ1) is 13.1. The summed E-state index contributed by atoms with van der Waals surface area (Å²) in [4.78, 5) is 30.7. The molecular weight excluding hydrogens is 411 g/mol. The number of hydrogen-bond acceptors (Lipinski definition) is 5. The minimum atomic E-state index is -4.57. The molecule has 0 unspecified atom stereocenters. The van der Waals surface area contributed by atoms with Gasteiger partial charge in [0.15, 0.2) is 5.16 Å². The predicted octanol–water partition coefficient (Wildman–Crippen LogP) is 4.36. The maximum Gasteiger partial charge on any atom is 0.418 e. The Kier molecular flexibility index (Phi) is 5.53. The van der Waals surface area contributed by atoms with E-state index in [-0.39, 0.29) is 17.0 Å². The van der Waals surface area contributed by atoms with Gasteiger partial charge < -0.3 is 5.32 Å². The molecule has 0 saturated heterocycles. The van der Waals surface area contributed by atoms with Crippen molar-refractivity contribution >= 4 is 44.9 Å². The van der Waals surface area contributed by atoms with Gasteiger partial charge in [-0.2, -0.15) is 13.2 Å². The van der Waals surface area contributed by atoms with E-state index in [4.69, 9.17) is 0 Å². The lowest BCUT2D eigenvalue weighted by Crippen LogP contribution is -2.22. The molecule has 0 radical (unpaired) electrons. The molecule has 0 bridgehead atoms. The first-order valence-electron chi connectivity index (χ1n) is 8.15. The molecule has 3 rings (SSSR count). The number of hydrogen-bond donors (Lipinski definition) is 1. The number of thiophene rings is 1. The molecule has 0 aliphatic heterocycles. The van der Waals surface area contributed by atoms with Crippen molar-refractivity contribution < 1.29 is 18.0 Å². The van der Waals surface area contributed by atoms with Crippen molar-refractivity contribution in [3.05, 3.63) is 50.6 Å². The van der Waals surface area contributed by atoms with Gasteiger partial charge in [0.25, 0.3) is 5.56 Å². The van der Waals surface area contributed by atoms with Crippen molar-refractivity contribution in [3.63, 3.8) is 0 Å². The Labute approximate surface area is 166 Å². The molecular formula is C18H16F3N3O2S2. The molecule has 1 amide bonds. The van der Waals surface area contributed by atoms with E-state index in [1.165, 1.54) is 34.1 Å². The normalized spacial score (nSPS) is 11.8. The van der Waals surface area contributed by atoms with Crippen molar-refractivity contribution in [2.45, 2.75) is 25.2 Å². The predicted molar refractivity (Wildman–Crippen MR) is 105 cm³/mol. The zero-order valence-electron chi connectivity index (χ0n) is 15.2. The highest BCUT2D eigenvalue weighted by atomic mass is 32.2. The summed E-state index contributed by atoms with van der Waals surface area (Å²) in [6.07, 6.45) is -4.57. The summed E-state index contributed by atoms with van der Waals surface area (Å²) in [7, 11) is 1.56. The highest BCUT2D eigenvalue weighted by Crippen LogP contribution is 2.34. The number of aromatic nitrogens is 2. The Hall–Kier alpha value is -2.33. The van der Waals surface area contributed by atoms with E-state index >= 15 is 0 Å². The third-order valence-corrected chi connectivity index (χ3v) is 6.34. The summed E-state index contributed by atoms with van der Waals surface area (Å²) in [5.74, 6) is -0.795. The van der Waals surface area contributed by atoms with Crippen molar-refractivity contribution in [3.8, 4) is 0 Å². The third-order valence-electron chi connectivity index (χ3n) is 4.21. The van der Waals surface area contributed by atoms with Gasteiger partial charge in [0.05, 0.1) is 22.4 Å². The monoisotopic (exact) mass is 427 g/mol. The number of carbonyl (C=O) groups excluding carboxylic acids is 1. The number of fused-ring (bicyclic) bond motifs is 1. The van der Waals surface area contributed by atoms with Crippen LogP contribution in [0.15, 0.2) is 34.2 Å². The fourth-order valence-electron chi connectivity index (χ4n) is 2.64. The van der Waals surface area contributed by atoms with Crippen LogP contribution in [0.5, 0.6) is 0 Å². The highest BCUT2D eigenvalue weighted by molar-refractivity contribution is 7.99. The Morgan fingerprint density at radius 3 is 2.64 bits per heavy atom. The number of halogens is 3. The summed E-state index contributed by atoms with van der Waals surface area (Å²) < 4.78 is 40.4. The molecule has 0 spiro atoms. The number of nitrogens with zero attached hydrogens (tertiary/aromatic N) is 2. The van der Waals surface area contributed by atoms with Crippen LogP contribution in [-0.4, -0.2) is 21.2 Å². The van der Waals surface area contributed by atoms with E-state index in [0.29, 0.717) is 15.4 Å². The molecule has 0 atom stereocenters. The van der Waals surface area contributed by atoms with Crippen molar-refractivity contribution in [1.82, 2.24) is 9.55 Å². The Morgan fingerprint density at radius 2 is 1.96 bits per heavy atom. The molecule has 28 heavy (non-hydrogen) atoms. The number of para-hydroxylation sites is 1. The SMILES string of the molecule is Cc1sc2nc(SCC(=O)Nc3ccccc3C(F)(F)F)n(C)c(=O)c2c1C. The second kappa shape index (κ2) is 7.59. The highest BCUT2D eigenvalue weighted by Gasteiger charge is 2.33. The summed E-state index contributed by atoms with van der Waals surface area (Å²) in [6.45, 7) is 3.76. The van der Waals surface area contributed by atoms with Gasteiger partial charge in [-0.05, 0) is 31.5 Å². The maximum absolute atomic E-state index is 13.0. The van der Waals surface area contributed by atoms with Gasteiger partial charge in [-0.25, -0.2) is 4.98 Å². The van der Waals surface area contributed by atoms with Crippen LogP contribution in [0.3, 0.4) is 0 Å². The Morgan fingerprint density at radius 1 is 1.29 bits per heavy atom. The lowest BCUT2D eigenvalue weighted by atomic mass is 10.1. The number of anilines is 1. The molecule has 10 heteroatoms. The summed E-state index contributed by atoms with van der Waals surface area (Å²) in [5, 5.41) is 3.16. The summed E-state index contributed by atoms with van der Waals surface area (Å²) >= 11 is 2.39. The minimum absolute atomic E-state index is 0.179. The molecule has 1 aromatic carbocycles. The molecule has 2 heterocycles. The number of thioether (sulfide) groups is 1. The molecule has 0 fully saturated rings. The Bertz CT molecular complexity index is 1120. The molecule has 148 valence electrons. The average molecular weight is 427 g/mol. The van der Waals surface area contributed by atoms with Crippen LogP contribution >= 0.6 is 23.1 Å². The number of amides is 1. The van der Waals surface area contributed by atoms with Gasteiger partial charge >= 0.3 is 6.18 Å². The molecule has 2 aromatic heterocycles. The minimum Gasteiger partial charge on any atom is -0.325 e. The second-order valence-electron chi connectivity index (χ2n) is 6.10. The quantitative estimate of drug-likeness (QED) is 0.496. The van der Waals surface area contributed by atoms with Crippen LogP contribution in [0.2, 0.25) is 0 Å². The van der Waals surface area contributed by atoms with E-state index in [0.717, 1.165) is 28.3 Å². The van der Waals surface area contributed by atoms with Gasteiger partial charge in [-0.1, -0.05) is 23.9 Å². The van der Waals surface area contributed by atoms with Gasteiger partial charge in [-0.15, -0.1) is 11.3 Å². The fraction of sp³-hybridized carbons (Fsp3) is 0.278. The van der Waals surface area contributed by atoms with Crippen molar-refractivity contribution in [2.24, 2.45) is 7.05 Å². The number of rotatable bonds is 4. The molecule has 3 aromatic rings. The van der Waals surface area contributed by atoms with Crippen LogP contribution in [-0.2, 0) is 18.0 Å². The van der Waals surface area contributed by atoms with Crippen LogP contribution in [0.1, 0.15) is 16.0 Å². The van der Waals surface area contributed by atoms with Crippen LogP contribution in [0.4, 0.5) is 18.9 Å². The molecule has 0 saturated carbocycles. The number of aryl methyl sites for hydroxylation is 2. The maximum atomic E-state index is 13.0. The van der Waals surface area contributed by atoms with E-state index in [2.05, 4.69) is 10.3 Å². The van der Waals surface area contributed by atoms with Gasteiger partial charge in [0.1, 0.15) is 4.83 Å². The standard InChI is InChI=1S/C18H16F3N3O2S2/c1-9-10(2)28-15-14(9)16(26)24(3)17(23-15)27-8-13(25)22-12-7-5-4-6-11(12)18(19,20)21/h4-7H,8H2,1-3H3,(H,22,25). The van der Waals surface area contributed by atoms with E-state index in [9.17, 15) is 22.8 Å². The van der Waals surface area contributed by atoms with Crippen LogP contribution in [0, 0.1) is 13.8 Å². The topological polar surface area (TPSA) is 64.0 Å². The number of nitrogens with one attached hydrogen (secondary N) is 1. The molecule has 0 aliphatic rings. The largest absolute Gasteiger partial charge is 0.418 e. The zero-order chi connectivity index (χ0) is 20.6. The van der Waals surface area contributed by atoms with Gasteiger partial charge in [0.2, 0.25) is 5.91 Å². The second-order valence-corrected chi connectivity index (χ2v) is 8.25.